The first-order chi connectivity index (χ1) is 7.89. The Labute approximate surface area is 104 Å². The molecule has 5 nitrogen and oxygen atoms in total. The maximum Gasteiger partial charge on any atom is 0.116 e. The Balaban J connectivity index is 3.98. The maximum atomic E-state index is 8.81. The summed E-state index contributed by atoms with van der Waals surface area (Å²) in [7, 11) is 0. The van der Waals surface area contributed by atoms with Gasteiger partial charge in [-0.1, -0.05) is 6.92 Å². The van der Waals surface area contributed by atoms with E-state index in [1.165, 1.54) is 0 Å². The Bertz CT molecular complexity index is 199. The molecule has 5 heteroatoms. The standard InChI is InChI=1S/C12H27NO4/c1-4-11(2,16-10-8-15)6-9-17-12(3,13)5-7-14/h14-15H,4-10,13H2,1-3H3. The van der Waals surface area contributed by atoms with Crippen LogP contribution < -0.4 is 5.73 Å². The van der Waals surface area contributed by atoms with Gasteiger partial charge in [0.25, 0.3) is 0 Å². The Morgan fingerprint density at radius 1 is 1.00 bits per heavy atom. The number of aliphatic hydroxyl groups excluding tert-OH is 2. The third kappa shape index (κ3) is 7.68. The summed E-state index contributed by atoms with van der Waals surface area (Å²) in [6, 6.07) is 0. The highest BCUT2D eigenvalue weighted by molar-refractivity contribution is 4.74. The lowest BCUT2D eigenvalue weighted by atomic mass is 9.99. The third-order valence-corrected chi connectivity index (χ3v) is 2.96. The molecule has 0 fully saturated rings. The van der Waals surface area contributed by atoms with E-state index in [0.717, 1.165) is 6.42 Å². The Morgan fingerprint density at radius 3 is 2.12 bits per heavy atom. The smallest absolute Gasteiger partial charge is 0.116 e. The molecule has 0 aromatic carbocycles. The van der Waals surface area contributed by atoms with Gasteiger partial charge in [-0.25, -0.2) is 0 Å². The van der Waals surface area contributed by atoms with Gasteiger partial charge in [0.05, 0.1) is 25.4 Å². The van der Waals surface area contributed by atoms with Crippen LogP contribution in [0.1, 0.15) is 40.0 Å². The summed E-state index contributed by atoms with van der Waals surface area (Å²) in [5.74, 6) is 0. The third-order valence-electron chi connectivity index (χ3n) is 2.96. The molecular weight excluding hydrogens is 222 g/mol. The average molecular weight is 249 g/mol. The SMILES string of the molecule is CCC(C)(CCOC(C)(N)CCO)OCCO. The molecule has 0 radical (unpaired) electrons. The van der Waals surface area contributed by atoms with E-state index in [2.05, 4.69) is 0 Å². The topological polar surface area (TPSA) is 84.9 Å². The van der Waals surface area contributed by atoms with Crippen LogP contribution in [0.2, 0.25) is 0 Å². The second-order valence-electron chi connectivity index (χ2n) is 4.76. The van der Waals surface area contributed by atoms with Crippen LogP contribution in [0.5, 0.6) is 0 Å². The molecule has 2 atom stereocenters. The van der Waals surface area contributed by atoms with Crippen LogP contribution in [0, 0.1) is 0 Å². The first-order valence-corrected chi connectivity index (χ1v) is 6.17. The van der Waals surface area contributed by atoms with Gasteiger partial charge in [-0.15, -0.1) is 0 Å². The van der Waals surface area contributed by atoms with Crippen molar-refractivity contribution in [1.29, 1.82) is 0 Å². The van der Waals surface area contributed by atoms with Crippen molar-refractivity contribution in [2.24, 2.45) is 5.73 Å². The summed E-state index contributed by atoms with van der Waals surface area (Å²) < 4.78 is 11.1. The summed E-state index contributed by atoms with van der Waals surface area (Å²) in [5, 5.41) is 17.6. The molecule has 0 saturated carbocycles. The molecule has 0 aliphatic carbocycles. The van der Waals surface area contributed by atoms with Gasteiger partial charge in [0, 0.05) is 13.0 Å². The fraction of sp³-hybridized carbons (Fsp3) is 1.00. The zero-order valence-electron chi connectivity index (χ0n) is 11.2. The lowest BCUT2D eigenvalue weighted by molar-refractivity contribution is -0.0951. The monoisotopic (exact) mass is 249 g/mol. The minimum atomic E-state index is -0.791. The number of aliphatic hydroxyl groups is 2. The van der Waals surface area contributed by atoms with Crippen molar-refractivity contribution in [3.8, 4) is 0 Å². The molecule has 104 valence electrons. The quantitative estimate of drug-likeness (QED) is 0.494. The van der Waals surface area contributed by atoms with E-state index in [0.29, 0.717) is 26.1 Å². The Morgan fingerprint density at radius 2 is 1.65 bits per heavy atom. The normalized spacial score (nSPS) is 18.7. The van der Waals surface area contributed by atoms with E-state index in [9.17, 15) is 0 Å². The van der Waals surface area contributed by atoms with Crippen LogP contribution in [0.25, 0.3) is 0 Å². The van der Waals surface area contributed by atoms with Gasteiger partial charge in [0.2, 0.25) is 0 Å². The van der Waals surface area contributed by atoms with E-state index in [1.807, 2.05) is 13.8 Å². The highest BCUT2D eigenvalue weighted by Gasteiger charge is 2.25. The van der Waals surface area contributed by atoms with E-state index in [1.54, 1.807) is 6.92 Å². The molecular formula is C12H27NO4. The van der Waals surface area contributed by atoms with Crippen molar-refractivity contribution < 1.29 is 19.7 Å². The Kier molecular flexibility index (Phi) is 7.91. The zero-order chi connectivity index (χ0) is 13.4. The highest BCUT2D eigenvalue weighted by Crippen LogP contribution is 2.21. The molecule has 0 heterocycles. The molecule has 0 aromatic rings. The molecule has 0 bridgehead atoms. The predicted octanol–water partition coefficient (Wildman–Crippen LogP) is 0.628. The summed E-state index contributed by atoms with van der Waals surface area (Å²) in [6.07, 6.45) is 1.96. The van der Waals surface area contributed by atoms with Gasteiger partial charge >= 0.3 is 0 Å². The minimum Gasteiger partial charge on any atom is -0.396 e. The van der Waals surface area contributed by atoms with Crippen LogP contribution in [0.15, 0.2) is 0 Å². The summed E-state index contributed by atoms with van der Waals surface area (Å²) in [6.45, 7) is 6.62. The maximum absolute atomic E-state index is 8.81. The van der Waals surface area contributed by atoms with Gasteiger partial charge < -0.3 is 25.4 Å². The van der Waals surface area contributed by atoms with E-state index >= 15 is 0 Å². The van der Waals surface area contributed by atoms with Gasteiger partial charge in [-0.2, -0.15) is 0 Å². The summed E-state index contributed by atoms with van der Waals surface area (Å²) >= 11 is 0. The minimum absolute atomic E-state index is 0.0130. The molecule has 0 spiro atoms. The van der Waals surface area contributed by atoms with Crippen molar-refractivity contribution >= 4 is 0 Å². The van der Waals surface area contributed by atoms with Crippen molar-refractivity contribution in [2.75, 3.05) is 26.4 Å². The summed E-state index contributed by atoms with van der Waals surface area (Å²) in [4.78, 5) is 0. The average Bonchev–Trinajstić information content (AvgIpc) is 2.26. The molecule has 0 aromatic heterocycles. The van der Waals surface area contributed by atoms with E-state index < -0.39 is 5.72 Å². The van der Waals surface area contributed by atoms with Crippen LogP contribution in [-0.4, -0.2) is 48.0 Å². The second kappa shape index (κ2) is 8.00. The first-order valence-electron chi connectivity index (χ1n) is 6.17. The molecule has 0 aliphatic heterocycles. The van der Waals surface area contributed by atoms with Gasteiger partial charge in [0.15, 0.2) is 0 Å². The zero-order valence-corrected chi connectivity index (χ0v) is 11.2. The van der Waals surface area contributed by atoms with Gasteiger partial charge in [0.1, 0.15) is 5.72 Å². The fourth-order valence-corrected chi connectivity index (χ4v) is 1.44. The molecule has 0 rings (SSSR count). The number of ether oxygens (including phenoxy) is 2. The highest BCUT2D eigenvalue weighted by atomic mass is 16.5. The number of nitrogens with two attached hydrogens (primary N) is 1. The van der Waals surface area contributed by atoms with Crippen molar-refractivity contribution in [3.05, 3.63) is 0 Å². The Hall–Kier alpha value is -0.200. The van der Waals surface area contributed by atoms with Crippen LogP contribution in [0.3, 0.4) is 0 Å². The molecule has 0 saturated heterocycles. The number of rotatable bonds is 10. The van der Waals surface area contributed by atoms with E-state index in [4.69, 9.17) is 25.4 Å². The molecule has 17 heavy (non-hydrogen) atoms. The molecule has 0 aliphatic rings. The summed E-state index contributed by atoms with van der Waals surface area (Å²) in [5.41, 5.74) is 4.75. The number of hydrogen-bond donors (Lipinski definition) is 3. The first kappa shape index (κ1) is 16.8. The van der Waals surface area contributed by atoms with Gasteiger partial charge in [-0.3, -0.25) is 0 Å². The van der Waals surface area contributed by atoms with Crippen molar-refractivity contribution in [2.45, 2.75) is 51.4 Å². The second-order valence-corrected chi connectivity index (χ2v) is 4.76. The molecule has 2 unspecified atom stereocenters. The van der Waals surface area contributed by atoms with Crippen LogP contribution in [0.4, 0.5) is 0 Å². The van der Waals surface area contributed by atoms with E-state index in [-0.39, 0.29) is 18.8 Å². The van der Waals surface area contributed by atoms with Crippen LogP contribution in [-0.2, 0) is 9.47 Å². The number of hydrogen-bond acceptors (Lipinski definition) is 5. The van der Waals surface area contributed by atoms with Crippen molar-refractivity contribution in [3.63, 3.8) is 0 Å². The molecule has 0 amide bonds. The predicted molar refractivity (Wildman–Crippen MR) is 66.6 cm³/mol. The van der Waals surface area contributed by atoms with Gasteiger partial charge in [-0.05, 0) is 26.7 Å². The fourth-order valence-electron chi connectivity index (χ4n) is 1.44. The lowest BCUT2D eigenvalue weighted by Crippen LogP contribution is -2.42. The van der Waals surface area contributed by atoms with Crippen molar-refractivity contribution in [1.82, 2.24) is 0 Å². The largest absolute Gasteiger partial charge is 0.396 e. The molecule has 4 N–H and O–H groups in total. The lowest BCUT2D eigenvalue weighted by Gasteiger charge is -2.31. The van der Waals surface area contributed by atoms with Crippen LogP contribution >= 0.6 is 0 Å².